The molecule has 0 aromatic heterocycles. The monoisotopic (exact) mass is 146 g/mol. The maximum absolute atomic E-state index is 12.3. The summed E-state index contributed by atoms with van der Waals surface area (Å²) in [5.74, 6) is 0.902. The molecule has 1 N–H and O–H groups in total. The molecule has 0 aliphatic heterocycles. The first-order valence-electron chi connectivity index (χ1n) is 2.78. The number of hydrogen-bond acceptors (Lipinski definition) is 1. The summed E-state index contributed by atoms with van der Waals surface area (Å²) in [6.07, 6.45) is 4.03. The lowest BCUT2D eigenvalue weighted by Gasteiger charge is -1.96. The zero-order valence-electron chi connectivity index (χ0n) is 5.35. The van der Waals surface area contributed by atoms with Crippen molar-refractivity contribution in [2.24, 2.45) is 0 Å². The highest BCUT2D eigenvalue weighted by molar-refractivity contribution is 5.12. The van der Waals surface area contributed by atoms with Crippen molar-refractivity contribution in [1.82, 2.24) is 0 Å². The van der Waals surface area contributed by atoms with Crippen LogP contribution in [-0.2, 0) is 0 Å². The Bertz CT molecular complexity index is 157. The fourth-order valence-corrected chi connectivity index (χ4v) is 0.384. The van der Waals surface area contributed by atoms with Crippen LogP contribution >= 0.6 is 0 Å². The number of alkyl halides is 1. The van der Waals surface area contributed by atoms with Crippen molar-refractivity contribution in [3.8, 4) is 12.3 Å². The standard InChI is InChI=1S/C7H8F2O/c1-2-7(10)6(9)4-3-5-8/h1,4,7,10H,3,5H2. The second kappa shape index (κ2) is 4.95. The van der Waals surface area contributed by atoms with Gasteiger partial charge in [-0.15, -0.1) is 6.42 Å². The number of hydrogen-bond donors (Lipinski definition) is 1. The largest absolute Gasteiger partial charge is 0.374 e. The van der Waals surface area contributed by atoms with E-state index in [0.29, 0.717) is 0 Å². The van der Waals surface area contributed by atoms with Gasteiger partial charge in [-0.2, -0.15) is 0 Å². The van der Waals surface area contributed by atoms with Crippen LogP contribution in [0.4, 0.5) is 8.78 Å². The summed E-state index contributed by atoms with van der Waals surface area (Å²) in [6, 6.07) is 0. The predicted molar refractivity (Wildman–Crippen MR) is 34.6 cm³/mol. The van der Waals surface area contributed by atoms with Gasteiger partial charge in [-0.05, 0) is 12.5 Å². The van der Waals surface area contributed by atoms with E-state index < -0.39 is 18.6 Å². The van der Waals surface area contributed by atoms with E-state index in [-0.39, 0.29) is 6.42 Å². The van der Waals surface area contributed by atoms with Gasteiger partial charge in [0.25, 0.3) is 0 Å². The van der Waals surface area contributed by atoms with E-state index in [2.05, 4.69) is 6.42 Å². The van der Waals surface area contributed by atoms with Gasteiger partial charge in [0.15, 0.2) is 6.10 Å². The fraction of sp³-hybridized carbons (Fsp3) is 0.429. The van der Waals surface area contributed by atoms with Crippen molar-refractivity contribution in [1.29, 1.82) is 0 Å². The first-order chi connectivity index (χ1) is 4.72. The van der Waals surface area contributed by atoms with Gasteiger partial charge in [0.2, 0.25) is 0 Å². The van der Waals surface area contributed by atoms with Crippen LogP contribution in [0.15, 0.2) is 11.9 Å². The molecule has 0 amide bonds. The highest BCUT2D eigenvalue weighted by atomic mass is 19.1. The van der Waals surface area contributed by atoms with E-state index in [1.165, 1.54) is 0 Å². The van der Waals surface area contributed by atoms with Crippen LogP contribution in [0.5, 0.6) is 0 Å². The van der Waals surface area contributed by atoms with Crippen LogP contribution < -0.4 is 0 Å². The molecule has 0 aliphatic rings. The summed E-state index contributed by atoms with van der Waals surface area (Å²) in [5.41, 5.74) is 0. The number of halogens is 2. The predicted octanol–water partition coefficient (Wildman–Crippen LogP) is 1.19. The minimum Gasteiger partial charge on any atom is -0.374 e. The second-order valence-electron chi connectivity index (χ2n) is 1.64. The first-order valence-corrected chi connectivity index (χ1v) is 2.78. The number of terminal acetylenes is 1. The van der Waals surface area contributed by atoms with Gasteiger partial charge < -0.3 is 5.11 Å². The lowest BCUT2D eigenvalue weighted by molar-refractivity contribution is 0.236. The zero-order chi connectivity index (χ0) is 7.98. The third-order valence-electron chi connectivity index (χ3n) is 0.868. The fourth-order valence-electron chi connectivity index (χ4n) is 0.384. The van der Waals surface area contributed by atoms with Crippen molar-refractivity contribution in [3.63, 3.8) is 0 Å². The highest BCUT2D eigenvalue weighted by Crippen LogP contribution is 2.03. The summed E-state index contributed by atoms with van der Waals surface area (Å²) < 4.78 is 23.7. The molecule has 0 heterocycles. The lowest BCUT2D eigenvalue weighted by Crippen LogP contribution is -2.02. The molecule has 3 heteroatoms. The summed E-state index contributed by atoms with van der Waals surface area (Å²) in [7, 11) is 0. The minimum atomic E-state index is -1.52. The van der Waals surface area contributed by atoms with Crippen LogP contribution in [-0.4, -0.2) is 17.9 Å². The molecule has 0 radical (unpaired) electrons. The number of aliphatic hydroxyl groups excluding tert-OH is 1. The number of aliphatic hydroxyl groups is 1. The van der Waals surface area contributed by atoms with Gasteiger partial charge in [0, 0.05) is 0 Å². The molecule has 0 bridgehead atoms. The molecule has 0 spiro atoms. The van der Waals surface area contributed by atoms with E-state index in [4.69, 9.17) is 5.11 Å². The Labute approximate surface area is 58.4 Å². The van der Waals surface area contributed by atoms with E-state index in [9.17, 15) is 8.78 Å². The molecule has 0 fully saturated rings. The van der Waals surface area contributed by atoms with Crippen LogP contribution in [0.3, 0.4) is 0 Å². The minimum absolute atomic E-state index is 0.0510. The Morgan fingerprint density at radius 2 is 2.40 bits per heavy atom. The Kier molecular flexibility index (Phi) is 4.51. The SMILES string of the molecule is C#CC(O)C(F)=CCCF. The Morgan fingerprint density at radius 3 is 2.80 bits per heavy atom. The molecule has 1 atom stereocenters. The van der Waals surface area contributed by atoms with Crippen LogP contribution in [0, 0.1) is 12.3 Å². The third kappa shape index (κ3) is 3.21. The van der Waals surface area contributed by atoms with E-state index >= 15 is 0 Å². The van der Waals surface area contributed by atoms with Gasteiger partial charge >= 0.3 is 0 Å². The van der Waals surface area contributed by atoms with Gasteiger partial charge in [-0.3, -0.25) is 4.39 Å². The van der Waals surface area contributed by atoms with Gasteiger partial charge in [0.05, 0.1) is 6.67 Å². The molecule has 1 nitrogen and oxygen atoms in total. The van der Waals surface area contributed by atoms with Crippen molar-refractivity contribution in [2.75, 3.05) is 6.67 Å². The smallest absolute Gasteiger partial charge is 0.165 e. The third-order valence-corrected chi connectivity index (χ3v) is 0.868. The average Bonchev–Trinajstić information content (AvgIpc) is 1.98. The lowest BCUT2D eigenvalue weighted by atomic mass is 10.3. The topological polar surface area (TPSA) is 20.2 Å². The van der Waals surface area contributed by atoms with E-state index in [0.717, 1.165) is 6.08 Å². The summed E-state index contributed by atoms with van der Waals surface area (Å²) in [5, 5.41) is 8.55. The molecule has 0 saturated carbocycles. The Balaban J connectivity index is 3.82. The summed E-state index contributed by atoms with van der Waals surface area (Å²) in [4.78, 5) is 0. The zero-order valence-corrected chi connectivity index (χ0v) is 5.35. The molecular formula is C7H8F2O. The van der Waals surface area contributed by atoms with E-state index in [1.54, 1.807) is 5.92 Å². The number of allylic oxidation sites excluding steroid dienone is 1. The molecule has 56 valence electrons. The molecule has 0 saturated heterocycles. The van der Waals surface area contributed by atoms with Gasteiger partial charge in [-0.25, -0.2) is 4.39 Å². The van der Waals surface area contributed by atoms with Crippen LogP contribution in [0.1, 0.15) is 6.42 Å². The molecule has 0 aliphatic carbocycles. The Hall–Kier alpha value is -0.880. The van der Waals surface area contributed by atoms with Crippen molar-refractivity contribution in [3.05, 3.63) is 11.9 Å². The quantitative estimate of drug-likeness (QED) is 0.593. The molecule has 0 aromatic carbocycles. The van der Waals surface area contributed by atoms with Crippen LogP contribution in [0.2, 0.25) is 0 Å². The second-order valence-corrected chi connectivity index (χ2v) is 1.64. The van der Waals surface area contributed by atoms with Crippen molar-refractivity contribution >= 4 is 0 Å². The number of rotatable bonds is 3. The maximum Gasteiger partial charge on any atom is 0.165 e. The average molecular weight is 146 g/mol. The molecule has 0 aromatic rings. The maximum atomic E-state index is 12.3. The summed E-state index contributed by atoms with van der Waals surface area (Å²) in [6.45, 7) is -0.648. The summed E-state index contributed by atoms with van der Waals surface area (Å²) >= 11 is 0. The normalized spacial score (nSPS) is 14.4. The van der Waals surface area contributed by atoms with Crippen LogP contribution in [0.25, 0.3) is 0 Å². The molecule has 10 heavy (non-hydrogen) atoms. The molecule has 0 rings (SSSR count). The van der Waals surface area contributed by atoms with E-state index in [1.807, 2.05) is 0 Å². The first kappa shape index (κ1) is 9.12. The Morgan fingerprint density at radius 1 is 1.80 bits per heavy atom. The molecular weight excluding hydrogens is 138 g/mol. The van der Waals surface area contributed by atoms with Gasteiger partial charge in [0.1, 0.15) is 5.83 Å². The van der Waals surface area contributed by atoms with Crippen molar-refractivity contribution in [2.45, 2.75) is 12.5 Å². The van der Waals surface area contributed by atoms with Gasteiger partial charge in [-0.1, -0.05) is 5.92 Å². The van der Waals surface area contributed by atoms with Crippen molar-refractivity contribution < 1.29 is 13.9 Å². The highest BCUT2D eigenvalue weighted by Gasteiger charge is 2.03. The molecule has 1 unspecified atom stereocenters.